The van der Waals surface area contributed by atoms with Crippen molar-refractivity contribution in [3.63, 3.8) is 0 Å². The number of hydrogen-bond donors (Lipinski definition) is 2. The first-order chi connectivity index (χ1) is 8.60. The summed E-state index contributed by atoms with van der Waals surface area (Å²) in [6, 6.07) is 0. The Morgan fingerprint density at radius 2 is 1.83 bits per heavy atom. The van der Waals surface area contributed by atoms with Crippen LogP contribution in [-0.2, 0) is 9.59 Å². The van der Waals surface area contributed by atoms with E-state index < -0.39 is 5.97 Å². The zero-order valence-corrected chi connectivity index (χ0v) is 11.3. The third kappa shape index (κ3) is 4.31. The molecule has 0 bridgehead atoms. The third-order valence-electron chi connectivity index (χ3n) is 4.07. The summed E-state index contributed by atoms with van der Waals surface area (Å²) in [6.45, 7) is 2.82. The SMILES string of the molecule is CCC1(C(=O)NCCCCCCC(=O)O)CCC1. The van der Waals surface area contributed by atoms with Gasteiger partial charge in [0.25, 0.3) is 0 Å². The van der Waals surface area contributed by atoms with Gasteiger partial charge in [0.1, 0.15) is 0 Å². The van der Waals surface area contributed by atoms with E-state index in [0.29, 0.717) is 0 Å². The van der Waals surface area contributed by atoms with Gasteiger partial charge in [0.15, 0.2) is 0 Å². The van der Waals surface area contributed by atoms with Crippen LogP contribution < -0.4 is 5.32 Å². The van der Waals surface area contributed by atoms with Gasteiger partial charge < -0.3 is 10.4 Å². The minimum Gasteiger partial charge on any atom is -0.481 e. The summed E-state index contributed by atoms with van der Waals surface area (Å²) >= 11 is 0. The fraction of sp³-hybridized carbons (Fsp3) is 0.857. The molecule has 4 nitrogen and oxygen atoms in total. The number of aliphatic carboxylic acids is 1. The van der Waals surface area contributed by atoms with Crippen LogP contribution in [0.3, 0.4) is 0 Å². The first kappa shape index (κ1) is 15.0. The van der Waals surface area contributed by atoms with Crippen LogP contribution in [0.1, 0.15) is 64.7 Å². The molecule has 0 aromatic carbocycles. The summed E-state index contributed by atoms with van der Waals surface area (Å²) in [5.41, 5.74) is -0.0662. The maximum Gasteiger partial charge on any atom is 0.303 e. The Kier molecular flexibility index (Phi) is 6.16. The van der Waals surface area contributed by atoms with Crippen LogP contribution in [0.5, 0.6) is 0 Å². The number of carboxylic acid groups (broad SMARTS) is 1. The van der Waals surface area contributed by atoms with Crippen LogP contribution in [-0.4, -0.2) is 23.5 Å². The van der Waals surface area contributed by atoms with Gasteiger partial charge in [0, 0.05) is 18.4 Å². The second kappa shape index (κ2) is 7.39. The Hall–Kier alpha value is -1.06. The van der Waals surface area contributed by atoms with Crippen LogP contribution in [0.25, 0.3) is 0 Å². The molecular weight excluding hydrogens is 230 g/mol. The first-order valence-electron chi connectivity index (χ1n) is 7.11. The number of carbonyl (C=O) groups is 2. The summed E-state index contributed by atoms with van der Waals surface area (Å²) < 4.78 is 0. The van der Waals surface area contributed by atoms with E-state index in [1.165, 1.54) is 6.42 Å². The molecule has 0 spiro atoms. The van der Waals surface area contributed by atoms with Crippen LogP contribution in [0, 0.1) is 5.41 Å². The molecule has 0 heterocycles. The lowest BCUT2D eigenvalue weighted by molar-refractivity contribution is -0.137. The Labute approximate surface area is 109 Å². The van der Waals surface area contributed by atoms with Crippen LogP contribution in [0.2, 0.25) is 0 Å². The number of hydrogen-bond acceptors (Lipinski definition) is 2. The van der Waals surface area contributed by atoms with Gasteiger partial charge in [-0.05, 0) is 32.1 Å². The fourth-order valence-corrected chi connectivity index (χ4v) is 2.49. The van der Waals surface area contributed by atoms with E-state index >= 15 is 0 Å². The van der Waals surface area contributed by atoms with E-state index in [-0.39, 0.29) is 17.7 Å². The standard InChI is InChI=1S/C14H25NO3/c1-2-14(9-7-10-14)13(18)15-11-6-4-3-5-8-12(16)17/h2-11H2,1H3,(H,15,18)(H,16,17). The molecule has 0 radical (unpaired) electrons. The average molecular weight is 255 g/mol. The molecule has 1 rings (SSSR count). The molecule has 0 atom stereocenters. The molecule has 0 aromatic heterocycles. The monoisotopic (exact) mass is 255 g/mol. The normalized spacial score (nSPS) is 16.9. The number of carboxylic acids is 1. The summed E-state index contributed by atoms with van der Waals surface area (Å²) in [5.74, 6) is -0.500. The molecule has 1 aliphatic carbocycles. The number of nitrogens with one attached hydrogen (secondary N) is 1. The lowest BCUT2D eigenvalue weighted by Crippen LogP contribution is -2.45. The van der Waals surface area contributed by atoms with Crippen molar-refractivity contribution in [2.45, 2.75) is 64.7 Å². The first-order valence-corrected chi connectivity index (χ1v) is 7.11. The Bertz CT molecular complexity index is 279. The van der Waals surface area contributed by atoms with E-state index in [9.17, 15) is 9.59 Å². The van der Waals surface area contributed by atoms with Crippen LogP contribution in [0.15, 0.2) is 0 Å². The zero-order chi connectivity index (χ0) is 13.4. The van der Waals surface area contributed by atoms with E-state index in [0.717, 1.165) is 51.5 Å². The Morgan fingerprint density at radius 3 is 2.33 bits per heavy atom. The zero-order valence-electron chi connectivity index (χ0n) is 11.3. The summed E-state index contributed by atoms with van der Waals surface area (Å²) in [4.78, 5) is 22.3. The molecule has 1 saturated carbocycles. The topological polar surface area (TPSA) is 66.4 Å². The molecule has 18 heavy (non-hydrogen) atoms. The fourth-order valence-electron chi connectivity index (χ4n) is 2.49. The van der Waals surface area contributed by atoms with Gasteiger partial charge in [-0.1, -0.05) is 26.2 Å². The van der Waals surface area contributed by atoms with Gasteiger partial charge in [-0.25, -0.2) is 0 Å². The largest absolute Gasteiger partial charge is 0.481 e. The predicted octanol–water partition coefficient (Wildman–Crippen LogP) is 2.72. The van der Waals surface area contributed by atoms with Gasteiger partial charge in [0.05, 0.1) is 0 Å². The van der Waals surface area contributed by atoms with Crippen molar-refractivity contribution in [3.8, 4) is 0 Å². The van der Waals surface area contributed by atoms with Crippen molar-refractivity contribution in [3.05, 3.63) is 0 Å². The highest BCUT2D eigenvalue weighted by molar-refractivity contribution is 5.83. The maximum absolute atomic E-state index is 12.0. The van der Waals surface area contributed by atoms with Crippen molar-refractivity contribution in [2.24, 2.45) is 5.41 Å². The lowest BCUT2D eigenvalue weighted by atomic mass is 9.66. The van der Waals surface area contributed by atoms with Crippen molar-refractivity contribution in [1.82, 2.24) is 5.32 Å². The number of carbonyl (C=O) groups excluding carboxylic acids is 1. The van der Waals surface area contributed by atoms with Gasteiger partial charge >= 0.3 is 5.97 Å². The summed E-state index contributed by atoms with van der Waals surface area (Å²) in [7, 11) is 0. The van der Waals surface area contributed by atoms with Crippen LogP contribution >= 0.6 is 0 Å². The van der Waals surface area contributed by atoms with Crippen molar-refractivity contribution in [2.75, 3.05) is 6.54 Å². The molecule has 1 amide bonds. The number of rotatable bonds is 9. The molecule has 0 aromatic rings. The van der Waals surface area contributed by atoms with E-state index in [1.54, 1.807) is 0 Å². The molecule has 1 fully saturated rings. The highest BCUT2D eigenvalue weighted by Crippen LogP contribution is 2.43. The summed E-state index contributed by atoms with van der Waals surface area (Å²) in [6.07, 6.45) is 8.06. The Morgan fingerprint density at radius 1 is 1.17 bits per heavy atom. The van der Waals surface area contributed by atoms with Crippen LogP contribution in [0.4, 0.5) is 0 Å². The van der Waals surface area contributed by atoms with E-state index in [2.05, 4.69) is 12.2 Å². The smallest absolute Gasteiger partial charge is 0.303 e. The molecule has 104 valence electrons. The number of unbranched alkanes of at least 4 members (excludes halogenated alkanes) is 3. The molecule has 2 N–H and O–H groups in total. The second-order valence-corrected chi connectivity index (χ2v) is 5.30. The van der Waals surface area contributed by atoms with Gasteiger partial charge in [-0.3, -0.25) is 9.59 Å². The quantitative estimate of drug-likeness (QED) is 0.622. The average Bonchev–Trinajstić information content (AvgIpc) is 2.26. The molecule has 0 saturated heterocycles. The van der Waals surface area contributed by atoms with Gasteiger partial charge in [0.2, 0.25) is 5.91 Å². The Balaban J connectivity index is 2.01. The van der Waals surface area contributed by atoms with Gasteiger partial charge in [-0.15, -0.1) is 0 Å². The molecule has 0 unspecified atom stereocenters. The number of amides is 1. The molecule has 4 heteroatoms. The third-order valence-corrected chi connectivity index (χ3v) is 4.07. The maximum atomic E-state index is 12.0. The molecule has 0 aliphatic heterocycles. The highest BCUT2D eigenvalue weighted by atomic mass is 16.4. The predicted molar refractivity (Wildman–Crippen MR) is 70.3 cm³/mol. The van der Waals surface area contributed by atoms with Crippen molar-refractivity contribution >= 4 is 11.9 Å². The van der Waals surface area contributed by atoms with E-state index in [4.69, 9.17) is 5.11 Å². The van der Waals surface area contributed by atoms with Crippen molar-refractivity contribution < 1.29 is 14.7 Å². The molecular formula is C14H25NO3. The molecule has 1 aliphatic rings. The van der Waals surface area contributed by atoms with Crippen molar-refractivity contribution in [1.29, 1.82) is 0 Å². The minimum absolute atomic E-state index is 0.0662. The summed E-state index contributed by atoms with van der Waals surface area (Å²) in [5, 5.41) is 11.5. The lowest BCUT2D eigenvalue weighted by Gasteiger charge is -2.39. The minimum atomic E-state index is -0.724. The second-order valence-electron chi connectivity index (χ2n) is 5.30. The van der Waals surface area contributed by atoms with Gasteiger partial charge in [-0.2, -0.15) is 0 Å². The highest BCUT2D eigenvalue weighted by Gasteiger charge is 2.41. The van der Waals surface area contributed by atoms with E-state index in [1.807, 2.05) is 0 Å².